The van der Waals surface area contributed by atoms with E-state index in [0.717, 1.165) is 201 Å². The monoisotopic (exact) mass is 1840 g/mol. The molecule has 20 aliphatic carbocycles. The van der Waals surface area contributed by atoms with Crippen molar-refractivity contribution in [2.45, 2.75) is 455 Å². The Hall–Kier alpha value is -3.31. The Morgan fingerprint density at radius 1 is 0.333 bits per heavy atom. The van der Waals surface area contributed by atoms with E-state index >= 15 is 0 Å². The van der Waals surface area contributed by atoms with Gasteiger partial charge in [-0.1, -0.05) is 210 Å². The summed E-state index contributed by atoms with van der Waals surface area (Å²) in [6, 6.07) is 19.4. The maximum atomic E-state index is 12.5. The molecule has 21 rings (SSSR count). The van der Waals surface area contributed by atoms with Crippen molar-refractivity contribution >= 4 is 22.6 Å². The molecule has 10 heteroatoms. The first-order valence-electron chi connectivity index (χ1n) is 55.4. The van der Waals surface area contributed by atoms with Gasteiger partial charge in [0, 0.05) is 17.4 Å². The van der Waals surface area contributed by atoms with Crippen molar-refractivity contribution in [3.05, 3.63) is 35.9 Å². The highest BCUT2D eigenvalue weighted by Gasteiger charge is 2.68. The summed E-state index contributed by atoms with van der Waals surface area (Å²) in [7, 11) is 0. The Morgan fingerprint density at radius 2 is 0.644 bits per heavy atom. The Morgan fingerprint density at radius 3 is 1.00 bits per heavy atom. The largest absolute Gasteiger partial charge is 0.393 e. The van der Waals surface area contributed by atoms with Gasteiger partial charge in [-0.15, -0.1) is 0 Å². The minimum atomic E-state index is -0.407. The number of ketones is 1. The van der Waals surface area contributed by atoms with Crippen LogP contribution in [0.3, 0.4) is 0 Å². The van der Waals surface area contributed by atoms with Crippen molar-refractivity contribution in [2.75, 3.05) is 0 Å². The Balaban J connectivity index is 0.000000144. The van der Waals surface area contributed by atoms with Crippen molar-refractivity contribution in [1.29, 1.82) is 21.0 Å². The number of aliphatic hydroxyl groups is 3. The molecule has 20 aliphatic rings. The second-order valence-electron chi connectivity index (χ2n) is 52.5. The number of rotatable bonds is 6. The van der Waals surface area contributed by atoms with Gasteiger partial charge < -0.3 is 15.3 Å². The van der Waals surface area contributed by atoms with Crippen LogP contribution in [-0.4, -0.2) is 44.7 Å². The second kappa shape index (κ2) is 41.7. The van der Waals surface area contributed by atoms with Crippen LogP contribution >= 0.6 is 11.6 Å². The minimum Gasteiger partial charge on any atom is -0.393 e. The van der Waals surface area contributed by atoms with Gasteiger partial charge >= 0.3 is 0 Å². The summed E-state index contributed by atoms with van der Waals surface area (Å²) in [5.41, 5.74) is 4.29. The lowest BCUT2D eigenvalue weighted by Gasteiger charge is -2.62. The number of halogens is 1. The third kappa shape index (κ3) is 17.9. The van der Waals surface area contributed by atoms with Crippen LogP contribution in [-0.2, 0) is 4.79 Å². The van der Waals surface area contributed by atoms with Crippen LogP contribution in [0.1, 0.15) is 447 Å². The third-order valence-corrected chi connectivity index (χ3v) is 49.3. The molecule has 0 saturated heterocycles. The maximum absolute atomic E-state index is 12.5. The van der Waals surface area contributed by atoms with E-state index in [9.17, 15) is 46.0 Å². The first-order chi connectivity index (χ1) is 61.0. The van der Waals surface area contributed by atoms with Crippen molar-refractivity contribution in [2.24, 2.45) is 238 Å². The molecule has 1 aromatic rings. The van der Waals surface area contributed by atoms with E-state index in [2.05, 4.69) is 142 Å². The molecule has 744 valence electrons. The van der Waals surface area contributed by atoms with Gasteiger partial charge in [0.25, 0.3) is 5.24 Å². The van der Waals surface area contributed by atoms with Crippen LogP contribution in [0.15, 0.2) is 30.3 Å². The number of Topliss-reactive ketones (excluding diaryl/α,β-unsaturated/α-hetero) is 1. The van der Waals surface area contributed by atoms with E-state index in [1.165, 1.54) is 218 Å². The average Bonchev–Trinajstić information content (AvgIpc) is 1.40. The van der Waals surface area contributed by atoms with Gasteiger partial charge in [0.2, 0.25) is 0 Å². The summed E-state index contributed by atoms with van der Waals surface area (Å²) in [5.74, 6) is 23.9. The zero-order valence-corrected chi connectivity index (χ0v) is 84.9. The standard InChI is InChI=1S/2C23H37N.2C22H35NO.C21H34O2.C7H5ClO.4CH4/c1-5-17-15(2)10-12-23(4)19(17)9-7-18-20-8-6-16(14-24)22(20,3)13-11-21(18)23;1-5-16-13-23(4)17(12-15(16)2)6-8-19-20-9-7-18(14-24)22(20,3)11-10-21(19)23;1-4-15-17-8-6-16-18-7-5-14(13-23)21(18,2)11-9-19(16)22(17,3)12-10-20(15)24;1-4-14-12-22(3)15(11-20(14)24)5-7-17-18-8-6-16(13-23)21(18,2)10-9-19(17)22;1-4-13-15-6-5-14-16-7-8-19(23)21(16,3)11-9-17(14)20(15,2)12-10-18(13)22;8-7(9)6-4-2-1-3-5-6;;;;/h2*15-21H,5-13H2,1-4H3;2*14-20,24H,4-12H2,1-3H3;13-18,22H,4-12H2,1-3H3;1-5H;4*1H4/t15-,16-,17+,18+,19+,20+,21+,22-,23+;15-,16-,17-,18+,19-,20-,21-,22+,23-;14-,15-,16+,17+,18+,19+,20-,21-,22+;14-,15-,16+,17-,18-,19-,20-,21+,22-;13-,14+,15+,16+,17+,18-,20+,21+;;;;;/m10101...../s1. The lowest BCUT2D eigenvalue weighted by molar-refractivity contribution is -0.154. The number of carbonyl (C=O) groups excluding carboxylic acids is 2. The molecule has 132 heavy (non-hydrogen) atoms. The molecule has 0 amide bonds. The average molecular weight is 1840 g/mol. The topological polar surface area (TPSA) is 190 Å². The Bertz CT molecular complexity index is 3890. The van der Waals surface area contributed by atoms with E-state index in [0.29, 0.717) is 103 Å². The predicted octanol–water partition coefficient (Wildman–Crippen LogP) is 32.4. The number of benzene rings is 1. The van der Waals surface area contributed by atoms with Crippen LogP contribution in [0.4, 0.5) is 0 Å². The molecule has 0 radical (unpaired) electrons. The molecule has 0 bridgehead atoms. The molecular formula is C122H199ClN4O5. The number of hydrogen-bond donors (Lipinski definition) is 3. The van der Waals surface area contributed by atoms with Crippen LogP contribution in [0.2, 0.25) is 0 Å². The first-order valence-corrected chi connectivity index (χ1v) is 55.8. The smallest absolute Gasteiger partial charge is 0.252 e. The zero-order chi connectivity index (χ0) is 91.5. The molecule has 0 heterocycles. The number of carbonyl (C=O) groups is 2. The van der Waals surface area contributed by atoms with Crippen LogP contribution in [0.25, 0.3) is 0 Å². The molecule has 44 atom stereocenters. The second-order valence-corrected chi connectivity index (χ2v) is 52.8. The molecule has 0 spiro atoms. The van der Waals surface area contributed by atoms with Gasteiger partial charge in [-0.05, 0) is 471 Å². The summed E-state index contributed by atoms with van der Waals surface area (Å²) in [6.07, 6.45) is 57.3. The zero-order valence-electron chi connectivity index (χ0n) is 84.2. The van der Waals surface area contributed by atoms with Gasteiger partial charge in [-0.25, -0.2) is 0 Å². The van der Waals surface area contributed by atoms with E-state index in [1.807, 2.05) is 6.07 Å². The molecule has 0 unspecified atom stereocenters. The van der Waals surface area contributed by atoms with Crippen molar-refractivity contribution < 1.29 is 24.9 Å². The van der Waals surface area contributed by atoms with E-state index < -0.39 is 5.24 Å². The fourth-order valence-electron chi connectivity index (χ4n) is 41.7. The van der Waals surface area contributed by atoms with Gasteiger partial charge in [0.05, 0.1) is 66.3 Å². The SMILES string of the molecule is C.C.C.C.CC[C@H]1C[C@@]2(C)[C@@H](CC[C@@H]3[C@@H]2CC[C@]2(C)[C@@H](C#N)CC[C@@H]32)C[C@@H]1C.CC[C@H]1C[C@@]2(C)[C@@H](CC[C@@H]3[C@@H]2CC[C@]2(C)[C@@H](C#N)CC[C@@H]32)C[C@@H]1O.CC[C@H]1[C@H](C)CC[C@]2(C)[C@H]3CC[C@]4(C)[C@@H](C#N)CC[C@H]4[C@@H]3CC[C@@H]12.CC[C@H]1[C@H](O)CC[C@]2(C)[C@H]3CC[C@]4(C)C(=O)CC[C@H]4[C@@H]3CC[C@@H]12.CC[C@H]1[C@H](O)CC[C@]2(C)[C@H]3CC[C@]4(C)[C@@H](C#N)CC[C@H]4[C@@H]3CC[C@@H]12.O=C(Cl)c1ccccc1. The highest BCUT2D eigenvalue weighted by atomic mass is 35.5. The van der Waals surface area contributed by atoms with Gasteiger partial charge in [0.15, 0.2) is 0 Å². The molecule has 0 aliphatic heterocycles. The van der Waals surface area contributed by atoms with E-state index in [-0.39, 0.29) is 64.3 Å². The predicted molar refractivity (Wildman–Crippen MR) is 546 cm³/mol. The molecule has 20 saturated carbocycles. The molecule has 0 aromatic heterocycles. The summed E-state index contributed by atoms with van der Waals surface area (Å²) >= 11 is 5.16. The number of hydrogen-bond acceptors (Lipinski definition) is 9. The fraction of sp³-hybridized carbons (Fsp3) is 0.902. The first kappa shape index (κ1) is 108. The summed E-state index contributed by atoms with van der Waals surface area (Å²) < 4.78 is 0. The van der Waals surface area contributed by atoms with E-state index in [1.54, 1.807) is 24.3 Å². The fourth-order valence-corrected chi connectivity index (χ4v) is 41.9. The summed E-state index contributed by atoms with van der Waals surface area (Å²) in [5, 5.41) is 69.7. The van der Waals surface area contributed by atoms with Crippen LogP contribution < -0.4 is 0 Å². The lowest BCUT2D eigenvalue weighted by Crippen LogP contribution is -2.56. The third-order valence-electron chi connectivity index (χ3n) is 49.1. The molecular weight excluding hydrogens is 1640 g/mol. The number of fused-ring (bicyclic) bond motifs is 25. The van der Waals surface area contributed by atoms with Crippen molar-refractivity contribution in [1.82, 2.24) is 0 Å². The number of aliphatic hydroxyl groups excluding tert-OH is 3. The number of nitriles is 4. The lowest BCUT2D eigenvalue weighted by atomic mass is 9.42. The maximum Gasteiger partial charge on any atom is 0.252 e. The van der Waals surface area contributed by atoms with Crippen LogP contribution in [0, 0.1) is 283 Å². The molecule has 20 fully saturated rings. The van der Waals surface area contributed by atoms with E-state index in [4.69, 9.17) is 11.6 Å². The molecule has 9 nitrogen and oxygen atoms in total. The highest BCUT2D eigenvalue weighted by Crippen LogP contribution is 2.75. The normalized spacial score (nSPS) is 51.6. The number of nitrogens with zero attached hydrogens (tertiary/aromatic N) is 4. The molecule has 1 aromatic carbocycles. The molecule has 3 N–H and O–H groups in total. The van der Waals surface area contributed by atoms with Gasteiger partial charge in [-0.3, -0.25) is 9.59 Å². The van der Waals surface area contributed by atoms with Crippen molar-refractivity contribution in [3.63, 3.8) is 0 Å². The van der Waals surface area contributed by atoms with Crippen molar-refractivity contribution in [3.8, 4) is 24.3 Å². The summed E-state index contributed by atoms with van der Waals surface area (Å²) in [4.78, 5) is 22.9. The Labute approximate surface area is 815 Å². The van der Waals surface area contributed by atoms with Crippen LogP contribution in [0.5, 0.6) is 0 Å². The minimum absolute atomic E-state index is 0. The summed E-state index contributed by atoms with van der Waals surface area (Å²) in [6.45, 7) is 41.8. The highest BCUT2D eigenvalue weighted by molar-refractivity contribution is 6.67. The quantitative estimate of drug-likeness (QED) is 0.233. The Kier molecular flexibility index (Phi) is 34.0. The van der Waals surface area contributed by atoms with Gasteiger partial charge in [-0.2, -0.15) is 21.0 Å². The van der Waals surface area contributed by atoms with Gasteiger partial charge in [0.1, 0.15) is 5.78 Å².